The van der Waals surface area contributed by atoms with Gasteiger partial charge in [-0.05, 0) is 36.5 Å². The molecule has 0 heterocycles. The Bertz CT molecular complexity index is 451. The second-order valence-corrected chi connectivity index (χ2v) is 5.98. The van der Waals surface area contributed by atoms with Crippen molar-refractivity contribution in [2.75, 3.05) is 6.54 Å². The topological polar surface area (TPSA) is 46.2 Å². The first-order chi connectivity index (χ1) is 7.55. The molecule has 3 nitrogen and oxygen atoms in total. The number of benzene rings is 1. The molecular weight excluding hydrogens is 229 g/mol. The van der Waals surface area contributed by atoms with Crippen molar-refractivity contribution in [1.29, 1.82) is 0 Å². The van der Waals surface area contributed by atoms with Crippen LogP contribution in [0.3, 0.4) is 0 Å². The molecule has 0 spiro atoms. The van der Waals surface area contributed by atoms with E-state index in [9.17, 15) is 12.8 Å². The molecule has 1 N–H and O–H groups in total. The third-order valence-corrected chi connectivity index (χ3v) is 3.88. The summed E-state index contributed by atoms with van der Waals surface area (Å²) in [6.07, 6.45) is 2.22. The summed E-state index contributed by atoms with van der Waals surface area (Å²) in [5, 5.41) is 0. The summed E-state index contributed by atoms with van der Waals surface area (Å²) < 4.78 is 38.4. The fourth-order valence-corrected chi connectivity index (χ4v) is 2.64. The first kappa shape index (κ1) is 11.5. The van der Waals surface area contributed by atoms with E-state index >= 15 is 0 Å². The van der Waals surface area contributed by atoms with Gasteiger partial charge in [0.2, 0.25) is 10.0 Å². The van der Waals surface area contributed by atoms with E-state index in [1.165, 1.54) is 24.3 Å². The lowest BCUT2D eigenvalue weighted by atomic mass is 10.2. The number of sulfonamides is 1. The average Bonchev–Trinajstić information content (AvgIpc) is 3.02. The molecule has 1 aliphatic carbocycles. The van der Waals surface area contributed by atoms with Gasteiger partial charge in [0.1, 0.15) is 5.82 Å². The fourth-order valence-electron chi connectivity index (χ4n) is 1.42. The van der Waals surface area contributed by atoms with Crippen LogP contribution in [0.1, 0.15) is 18.4 Å². The van der Waals surface area contributed by atoms with Crippen LogP contribution in [0.25, 0.3) is 0 Å². The highest BCUT2D eigenvalue weighted by atomic mass is 32.2. The lowest BCUT2D eigenvalue weighted by Crippen LogP contribution is -2.27. The summed E-state index contributed by atoms with van der Waals surface area (Å²) in [4.78, 5) is 0. The molecule has 1 aromatic carbocycles. The largest absolute Gasteiger partial charge is 0.215 e. The van der Waals surface area contributed by atoms with Crippen molar-refractivity contribution in [3.63, 3.8) is 0 Å². The van der Waals surface area contributed by atoms with Crippen LogP contribution in [0.5, 0.6) is 0 Å². The Morgan fingerprint density at radius 2 is 1.88 bits per heavy atom. The Morgan fingerprint density at radius 1 is 1.25 bits per heavy atom. The van der Waals surface area contributed by atoms with Crippen molar-refractivity contribution in [2.24, 2.45) is 5.92 Å². The summed E-state index contributed by atoms with van der Waals surface area (Å²) in [7, 11) is -3.27. The molecule has 16 heavy (non-hydrogen) atoms. The van der Waals surface area contributed by atoms with Crippen LogP contribution in [0.15, 0.2) is 24.3 Å². The average molecular weight is 243 g/mol. The summed E-state index contributed by atoms with van der Waals surface area (Å²) in [5.41, 5.74) is 0.602. The molecule has 88 valence electrons. The SMILES string of the molecule is O=S(=O)(Cc1ccc(F)cc1)NCC1CC1. The Hall–Kier alpha value is -0.940. The first-order valence-electron chi connectivity index (χ1n) is 5.27. The molecule has 0 bridgehead atoms. The van der Waals surface area contributed by atoms with Crippen molar-refractivity contribution >= 4 is 10.0 Å². The van der Waals surface area contributed by atoms with Crippen LogP contribution in [-0.4, -0.2) is 15.0 Å². The fraction of sp³-hybridized carbons (Fsp3) is 0.455. The van der Waals surface area contributed by atoms with Crippen molar-refractivity contribution in [3.8, 4) is 0 Å². The van der Waals surface area contributed by atoms with Gasteiger partial charge in [0.25, 0.3) is 0 Å². The van der Waals surface area contributed by atoms with Crippen LogP contribution in [0, 0.1) is 11.7 Å². The van der Waals surface area contributed by atoms with Gasteiger partial charge in [-0.1, -0.05) is 12.1 Å². The molecular formula is C11H14FNO2S. The van der Waals surface area contributed by atoms with Gasteiger partial charge < -0.3 is 0 Å². The standard InChI is InChI=1S/C11H14FNO2S/c12-11-5-3-10(4-6-11)8-16(14,15)13-7-9-1-2-9/h3-6,9,13H,1-2,7-8H2. The smallest absolute Gasteiger partial charge is 0.215 e. The van der Waals surface area contributed by atoms with Crippen molar-refractivity contribution in [3.05, 3.63) is 35.6 Å². The van der Waals surface area contributed by atoms with Gasteiger partial charge in [0.15, 0.2) is 0 Å². The molecule has 0 radical (unpaired) electrons. The second kappa shape index (κ2) is 4.51. The predicted molar refractivity (Wildman–Crippen MR) is 59.8 cm³/mol. The lowest BCUT2D eigenvalue weighted by Gasteiger charge is -2.05. The number of hydrogen-bond donors (Lipinski definition) is 1. The normalized spacial score (nSPS) is 16.3. The first-order valence-corrected chi connectivity index (χ1v) is 6.92. The molecule has 0 atom stereocenters. The summed E-state index contributed by atoms with van der Waals surface area (Å²) in [6, 6.07) is 5.52. The highest BCUT2D eigenvalue weighted by Gasteiger charge is 2.23. The minimum absolute atomic E-state index is 0.0833. The van der Waals surface area contributed by atoms with E-state index in [4.69, 9.17) is 0 Å². The second-order valence-electron chi connectivity index (χ2n) is 4.18. The van der Waals surface area contributed by atoms with E-state index < -0.39 is 10.0 Å². The highest BCUT2D eigenvalue weighted by molar-refractivity contribution is 7.88. The van der Waals surface area contributed by atoms with Gasteiger partial charge >= 0.3 is 0 Å². The van der Waals surface area contributed by atoms with E-state index in [-0.39, 0.29) is 11.6 Å². The summed E-state index contributed by atoms with van der Waals surface area (Å²) in [6.45, 7) is 0.531. The Labute approximate surface area is 94.7 Å². The molecule has 5 heteroatoms. The van der Waals surface area contributed by atoms with Crippen molar-refractivity contribution in [2.45, 2.75) is 18.6 Å². The van der Waals surface area contributed by atoms with Crippen LogP contribution in [-0.2, 0) is 15.8 Å². The van der Waals surface area contributed by atoms with Gasteiger partial charge in [0, 0.05) is 6.54 Å². The molecule has 0 saturated heterocycles. The quantitative estimate of drug-likeness (QED) is 0.854. The van der Waals surface area contributed by atoms with Crippen LogP contribution < -0.4 is 4.72 Å². The van der Waals surface area contributed by atoms with Gasteiger partial charge in [-0.25, -0.2) is 17.5 Å². The molecule has 1 aromatic rings. The number of nitrogens with one attached hydrogen (secondary N) is 1. The van der Waals surface area contributed by atoms with Crippen LogP contribution >= 0.6 is 0 Å². The third-order valence-electron chi connectivity index (χ3n) is 2.56. The zero-order valence-electron chi connectivity index (χ0n) is 8.82. The van der Waals surface area contributed by atoms with E-state index in [0.717, 1.165) is 12.8 Å². The third kappa shape index (κ3) is 3.57. The zero-order valence-corrected chi connectivity index (χ0v) is 9.63. The zero-order chi connectivity index (χ0) is 11.6. The van der Waals surface area contributed by atoms with Gasteiger partial charge in [-0.2, -0.15) is 0 Å². The summed E-state index contributed by atoms with van der Waals surface area (Å²) in [5.74, 6) is 0.0788. The van der Waals surface area contributed by atoms with Gasteiger partial charge in [-0.15, -0.1) is 0 Å². The minimum atomic E-state index is -3.27. The minimum Gasteiger partial charge on any atom is -0.215 e. The number of halogens is 1. The Balaban J connectivity index is 1.93. The van der Waals surface area contributed by atoms with Gasteiger partial charge in [0.05, 0.1) is 5.75 Å². The molecule has 1 fully saturated rings. The monoisotopic (exact) mass is 243 g/mol. The van der Waals surface area contributed by atoms with E-state index in [1.54, 1.807) is 0 Å². The van der Waals surface area contributed by atoms with Crippen LogP contribution in [0.4, 0.5) is 4.39 Å². The molecule has 0 aliphatic heterocycles. The van der Waals surface area contributed by atoms with E-state index in [1.807, 2.05) is 0 Å². The highest BCUT2D eigenvalue weighted by Crippen LogP contribution is 2.27. The summed E-state index contributed by atoms with van der Waals surface area (Å²) >= 11 is 0. The molecule has 2 rings (SSSR count). The van der Waals surface area contributed by atoms with E-state index in [0.29, 0.717) is 18.0 Å². The predicted octanol–water partition coefficient (Wildman–Crippen LogP) is 1.66. The molecule has 1 aliphatic rings. The lowest BCUT2D eigenvalue weighted by molar-refractivity contribution is 0.576. The van der Waals surface area contributed by atoms with Crippen molar-refractivity contribution in [1.82, 2.24) is 4.72 Å². The van der Waals surface area contributed by atoms with E-state index in [2.05, 4.69) is 4.72 Å². The maximum Gasteiger partial charge on any atom is 0.215 e. The van der Waals surface area contributed by atoms with Crippen LogP contribution in [0.2, 0.25) is 0 Å². The maximum absolute atomic E-state index is 12.6. The Morgan fingerprint density at radius 3 is 2.44 bits per heavy atom. The number of hydrogen-bond acceptors (Lipinski definition) is 2. The van der Waals surface area contributed by atoms with Gasteiger partial charge in [-0.3, -0.25) is 0 Å². The maximum atomic E-state index is 12.6. The molecule has 0 amide bonds. The van der Waals surface area contributed by atoms with Crippen molar-refractivity contribution < 1.29 is 12.8 Å². The molecule has 0 aromatic heterocycles. The molecule has 1 saturated carbocycles. The number of rotatable bonds is 5. The Kier molecular flexibility index (Phi) is 3.25. The molecule has 0 unspecified atom stereocenters.